The first-order valence-corrected chi connectivity index (χ1v) is 11.9. The molecule has 3 aromatic carbocycles. The normalized spacial score (nSPS) is 10.9. The van der Waals surface area contributed by atoms with Crippen molar-refractivity contribution in [2.45, 2.75) is 18.7 Å². The zero-order valence-electron chi connectivity index (χ0n) is 19.4. The lowest BCUT2D eigenvalue weighted by atomic mass is 10.1. The Bertz CT molecular complexity index is 1320. The highest BCUT2D eigenvalue weighted by Gasteiger charge is 2.25. The summed E-state index contributed by atoms with van der Waals surface area (Å²) >= 11 is 0. The van der Waals surface area contributed by atoms with E-state index in [1.807, 2.05) is 0 Å². The van der Waals surface area contributed by atoms with Crippen LogP contribution in [0, 0.1) is 6.92 Å². The topological polar surface area (TPSA) is 102 Å². The highest BCUT2D eigenvalue weighted by atomic mass is 32.2. The molecule has 0 heterocycles. The van der Waals surface area contributed by atoms with E-state index in [1.165, 1.54) is 26.3 Å². The summed E-state index contributed by atoms with van der Waals surface area (Å²) in [6, 6.07) is 17.5. The molecule has 3 rings (SSSR count). The van der Waals surface area contributed by atoms with Crippen molar-refractivity contribution in [1.82, 2.24) is 0 Å². The third-order valence-corrected chi connectivity index (χ3v) is 6.97. The fourth-order valence-electron chi connectivity index (χ4n) is 3.35. The van der Waals surface area contributed by atoms with Crippen molar-refractivity contribution in [3.05, 3.63) is 83.4 Å². The average Bonchev–Trinajstić information content (AvgIpc) is 2.84. The number of benzene rings is 3. The Morgan fingerprint density at radius 3 is 2.35 bits per heavy atom. The third-order valence-electron chi connectivity index (χ3n) is 5.21. The SMILES string of the molecule is CCOC(=O)c1ccccc1NC(=O)c1cc(S(=O)(=O)N(C)c2ccccc2OC)ccc1C. The lowest BCUT2D eigenvalue weighted by Crippen LogP contribution is -2.27. The van der Waals surface area contributed by atoms with Gasteiger partial charge in [-0.3, -0.25) is 9.10 Å². The minimum Gasteiger partial charge on any atom is -0.495 e. The van der Waals surface area contributed by atoms with Crippen molar-refractivity contribution in [3.63, 3.8) is 0 Å². The highest BCUT2D eigenvalue weighted by Crippen LogP contribution is 2.31. The van der Waals surface area contributed by atoms with Gasteiger partial charge in [0.05, 0.1) is 35.6 Å². The summed E-state index contributed by atoms with van der Waals surface area (Å²) in [6.45, 7) is 3.59. The summed E-state index contributed by atoms with van der Waals surface area (Å²) in [6.07, 6.45) is 0. The molecule has 3 aromatic rings. The van der Waals surface area contributed by atoms with Gasteiger partial charge in [0.2, 0.25) is 0 Å². The van der Waals surface area contributed by atoms with E-state index in [-0.39, 0.29) is 28.3 Å². The van der Waals surface area contributed by atoms with E-state index in [0.29, 0.717) is 17.0 Å². The second kappa shape index (κ2) is 10.4. The number of para-hydroxylation sites is 3. The van der Waals surface area contributed by atoms with Crippen LogP contribution in [0.25, 0.3) is 0 Å². The maximum absolute atomic E-state index is 13.3. The van der Waals surface area contributed by atoms with Crippen LogP contribution in [0.15, 0.2) is 71.6 Å². The Morgan fingerprint density at radius 2 is 1.65 bits per heavy atom. The molecule has 0 saturated carbocycles. The van der Waals surface area contributed by atoms with E-state index in [9.17, 15) is 18.0 Å². The van der Waals surface area contributed by atoms with Crippen molar-refractivity contribution in [2.24, 2.45) is 0 Å². The van der Waals surface area contributed by atoms with Crippen LogP contribution in [0.3, 0.4) is 0 Å². The van der Waals surface area contributed by atoms with Crippen LogP contribution >= 0.6 is 0 Å². The third kappa shape index (κ3) is 5.04. The Morgan fingerprint density at radius 1 is 0.971 bits per heavy atom. The molecule has 0 aliphatic heterocycles. The van der Waals surface area contributed by atoms with E-state index in [4.69, 9.17) is 9.47 Å². The average molecular weight is 483 g/mol. The highest BCUT2D eigenvalue weighted by molar-refractivity contribution is 7.92. The smallest absolute Gasteiger partial charge is 0.340 e. The van der Waals surface area contributed by atoms with Crippen molar-refractivity contribution >= 4 is 33.3 Å². The van der Waals surface area contributed by atoms with Crippen LogP contribution in [0.5, 0.6) is 5.75 Å². The van der Waals surface area contributed by atoms with Crippen molar-refractivity contribution in [3.8, 4) is 5.75 Å². The molecule has 9 heteroatoms. The van der Waals surface area contributed by atoms with Gasteiger partial charge >= 0.3 is 5.97 Å². The lowest BCUT2D eigenvalue weighted by molar-refractivity contribution is 0.0527. The number of hydrogen-bond acceptors (Lipinski definition) is 6. The van der Waals surface area contributed by atoms with E-state index >= 15 is 0 Å². The Hall–Kier alpha value is -3.85. The molecule has 0 aromatic heterocycles. The van der Waals surface area contributed by atoms with Crippen molar-refractivity contribution < 1.29 is 27.5 Å². The molecule has 0 spiro atoms. The van der Waals surface area contributed by atoms with Gasteiger partial charge in [0.15, 0.2) is 0 Å². The molecule has 1 N–H and O–H groups in total. The van der Waals surface area contributed by atoms with E-state index in [1.54, 1.807) is 68.4 Å². The number of nitrogens with zero attached hydrogens (tertiary/aromatic N) is 1. The molecule has 0 aliphatic rings. The zero-order valence-corrected chi connectivity index (χ0v) is 20.2. The van der Waals surface area contributed by atoms with Gasteiger partial charge in [0.1, 0.15) is 5.75 Å². The zero-order chi connectivity index (χ0) is 24.9. The predicted molar refractivity (Wildman–Crippen MR) is 130 cm³/mol. The molecule has 8 nitrogen and oxygen atoms in total. The monoisotopic (exact) mass is 482 g/mol. The van der Waals surface area contributed by atoms with E-state index in [2.05, 4.69) is 5.32 Å². The molecular weight excluding hydrogens is 456 g/mol. The van der Waals surface area contributed by atoms with Crippen LogP contribution in [0.2, 0.25) is 0 Å². The molecule has 0 atom stereocenters. The van der Waals surface area contributed by atoms with Crippen LogP contribution in [0.1, 0.15) is 33.2 Å². The number of sulfonamides is 1. The van der Waals surface area contributed by atoms with E-state index in [0.717, 1.165) is 4.31 Å². The number of amides is 1. The first-order valence-electron chi connectivity index (χ1n) is 10.5. The number of methoxy groups -OCH3 is 1. The minimum absolute atomic E-state index is 0.0599. The minimum atomic E-state index is -4.00. The first-order chi connectivity index (χ1) is 16.2. The van der Waals surface area contributed by atoms with Crippen LogP contribution < -0.4 is 14.4 Å². The lowest BCUT2D eigenvalue weighted by Gasteiger charge is -2.22. The number of carbonyl (C=O) groups is 2. The summed E-state index contributed by atoms with van der Waals surface area (Å²) < 4.78 is 38.1. The summed E-state index contributed by atoms with van der Waals surface area (Å²) in [4.78, 5) is 25.3. The quantitative estimate of drug-likeness (QED) is 0.482. The molecule has 0 aliphatic carbocycles. The number of anilines is 2. The fourth-order valence-corrected chi connectivity index (χ4v) is 4.59. The molecular formula is C25H26N2O6S. The molecule has 1 amide bonds. The summed E-state index contributed by atoms with van der Waals surface area (Å²) in [5.74, 6) is -0.717. The van der Waals surface area contributed by atoms with Gasteiger partial charge in [-0.2, -0.15) is 0 Å². The first kappa shape index (κ1) is 24.8. The molecule has 34 heavy (non-hydrogen) atoms. The molecule has 0 unspecified atom stereocenters. The number of carbonyl (C=O) groups excluding carboxylic acids is 2. The van der Waals surface area contributed by atoms with Gasteiger partial charge in [-0.25, -0.2) is 13.2 Å². The van der Waals surface area contributed by atoms with Crippen molar-refractivity contribution in [2.75, 3.05) is 30.4 Å². The molecule has 0 saturated heterocycles. The fraction of sp³-hybridized carbons (Fsp3) is 0.200. The summed E-state index contributed by atoms with van der Waals surface area (Å²) in [7, 11) is -1.12. The summed E-state index contributed by atoms with van der Waals surface area (Å²) in [5.41, 5.74) is 1.57. The standard InChI is InChI=1S/C25H26N2O6S/c1-5-33-25(29)19-10-6-7-11-21(19)26-24(28)20-16-18(15-14-17(20)2)34(30,31)27(3)22-12-8-9-13-23(22)32-4/h6-16H,5H2,1-4H3,(H,26,28). The molecule has 0 bridgehead atoms. The Labute approximate surface area is 199 Å². The number of rotatable bonds is 8. The second-order valence-corrected chi connectivity index (χ2v) is 9.31. The number of aryl methyl sites for hydroxylation is 1. The number of hydrogen-bond donors (Lipinski definition) is 1. The van der Waals surface area contributed by atoms with Crippen LogP contribution in [-0.4, -0.2) is 41.1 Å². The van der Waals surface area contributed by atoms with Gasteiger partial charge in [-0.15, -0.1) is 0 Å². The summed E-state index contributed by atoms with van der Waals surface area (Å²) in [5, 5.41) is 2.70. The van der Waals surface area contributed by atoms with Gasteiger partial charge in [-0.05, 0) is 55.8 Å². The maximum atomic E-state index is 13.3. The van der Waals surface area contributed by atoms with E-state index < -0.39 is 21.9 Å². The van der Waals surface area contributed by atoms with Crippen LogP contribution in [-0.2, 0) is 14.8 Å². The van der Waals surface area contributed by atoms with Crippen LogP contribution in [0.4, 0.5) is 11.4 Å². The Balaban J connectivity index is 1.95. The van der Waals surface area contributed by atoms with Gasteiger partial charge < -0.3 is 14.8 Å². The number of nitrogens with one attached hydrogen (secondary N) is 1. The number of ether oxygens (including phenoxy) is 2. The van der Waals surface area contributed by atoms with Gasteiger partial charge in [0, 0.05) is 12.6 Å². The molecule has 0 fully saturated rings. The van der Waals surface area contributed by atoms with Crippen molar-refractivity contribution in [1.29, 1.82) is 0 Å². The Kier molecular flexibility index (Phi) is 7.57. The van der Waals surface area contributed by atoms with Gasteiger partial charge in [0.25, 0.3) is 15.9 Å². The number of esters is 1. The maximum Gasteiger partial charge on any atom is 0.340 e. The predicted octanol–water partition coefficient (Wildman–Crippen LogP) is 4.26. The second-order valence-electron chi connectivity index (χ2n) is 7.34. The van der Waals surface area contributed by atoms with Gasteiger partial charge in [-0.1, -0.05) is 30.3 Å². The molecule has 0 radical (unpaired) electrons. The molecule has 178 valence electrons. The largest absolute Gasteiger partial charge is 0.495 e.